The van der Waals surface area contributed by atoms with Gasteiger partial charge in [0.15, 0.2) is 0 Å². The third kappa shape index (κ3) is 1.40. The molecule has 2 N–H and O–H groups in total. The van der Waals surface area contributed by atoms with Crippen LogP contribution in [0, 0.1) is 0 Å². The Morgan fingerprint density at radius 1 is 1.89 bits per heavy atom. The molecule has 5 heteroatoms. The van der Waals surface area contributed by atoms with E-state index in [1.165, 1.54) is 6.07 Å². The Morgan fingerprint density at radius 3 is 2.78 bits per heavy atom. The Balaban J connectivity index is 2.98. The average Bonchev–Trinajstić information content (AvgIpc) is 2.14. The minimum absolute atomic E-state index is 0.227. The Bertz CT molecular complexity index is 234. The van der Waals surface area contributed by atoms with Crippen LogP contribution in [0.2, 0.25) is 4.34 Å². The summed E-state index contributed by atoms with van der Waals surface area (Å²) in [6.07, 6.45) is 0. The van der Waals surface area contributed by atoms with Crippen molar-refractivity contribution >= 4 is 29.0 Å². The van der Waals surface area contributed by atoms with Gasteiger partial charge in [-0.3, -0.25) is 4.79 Å². The zero-order chi connectivity index (χ0) is 6.85. The summed E-state index contributed by atoms with van der Waals surface area (Å²) in [5.74, 6) is -0.543. The van der Waals surface area contributed by atoms with Crippen molar-refractivity contribution in [3.8, 4) is 0 Å². The number of primary amides is 1. The van der Waals surface area contributed by atoms with Gasteiger partial charge in [0.1, 0.15) is 10.0 Å². The summed E-state index contributed by atoms with van der Waals surface area (Å²) in [5.41, 5.74) is 5.10. The van der Waals surface area contributed by atoms with Gasteiger partial charge in [-0.05, 0) is 11.5 Å². The van der Waals surface area contributed by atoms with Crippen molar-refractivity contribution in [2.45, 2.75) is 0 Å². The second-order valence-electron chi connectivity index (χ2n) is 1.38. The van der Waals surface area contributed by atoms with Crippen LogP contribution in [0.4, 0.5) is 0 Å². The Hall–Kier alpha value is -0.610. The SMILES string of the molecule is NC(=O)c1cc(Cl)sn1. The number of nitrogens with two attached hydrogens (primary N) is 1. The third-order valence-electron chi connectivity index (χ3n) is 0.734. The number of amides is 1. The largest absolute Gasteiger partial charge is 0.364 e. The van der Waals surface area contributed by atoms with Crippen LogP contribution in [-0.2, 0) is 0 Å². The Labute approximate surface area is 60.6 Å². The maximum absolute atomic E-state index is 10.3. The van der Waals surface area contributed by atoms with E-state index >= 15 is 0 Å². The van der Waals surface area contributed by atoms with Gasteiger partial charge in [0.05, 0.1) is 0 Å². The lowest BCUT2D eigenvalue weighted by Crippen LogP contribution is -2.10. The molecule has 0 radical (unpaired) electrons. The molecule has 0 atom stereocenters. The number of carbonyl (C=O) groups excluding carboxylic acids is 1. The molecule has 3 nitrogen and oxygen atoms in total. The van der Waals surface area contributed by atoms with E-state index in [1.54, 1.807) is 0 Å². The molecule has 0 aliphatic carbocycles. The number of hydrogen-bond donors (Lipinski definition) is 1. The molecule has 0 unspecified atom stereocenters. The van der Waals surface area contributed by atoms with E-state index < -0.39 is 5.91 Å². The smallest absolute Gasteiger partial charge is 0.268 e. The van der Waals surface area contributed by atoms with Crippen LogP contribution in [0.5, 0.6) is 0 Å². The summed E-state index contributed by atoms with van der Waals surface area (Å²) in [5, 5.41) is 0. The predicted molar refractivity (Wildman–Crippen MR) is 35.6 cm³/mol. The highest BCUT2D eigenvalue weighted by molar-refractivity contribution is 7.10. The lowest BCUT2D eigenvalue weighted by molar-refractivity contribution is 0.0996. The van der Waals surface area contributed by atoms with Crippen molar-refractivity contribution < 1.29 is 4.79 Å². The van der Waals surface area contributed by atoms with Crippen LogP contribution in [-0.4, -0.2) is 10.3 Å². The molecule has 0 saturated heterocycles. The monoisotopic (exact) mass is 162 g/mol. The van der Waals surface area contributed by atoms with Gasteiger partial charge >= 0.3 is 0 Å². The number of hydrogen-bond acceptors (Lipinski definition) is 3. The molecule has 0 aliphatic rings. The van der Waals surface area contributed by atoms with E-state index in [0.717, 1.165) is 11.5 Å². The zero-order valence-electron chi connectivity index (χ0n) is 4.30. The number of nitrogens with zero attached hydrogens (tertiary/aromatic N) is 1. The van der Waals surface area contributed by atoms with Crippen LogP contribution in [0.1, 0.15) is 10.5 Å². The van der Waals surface area contributed by atoms with Crippen molar-refractivity contribution in [1.82, 2.24) is 4.37 Å². The van der Waals surface area contributed by atoms with Gasteiger partial charge in [0, 0.05) is 6.07 Å². The van der Waals surface area contributed by atoms with Crippen LogP contribution in [0.25, 0.3) is 0 Å². The molecule has 0 aliphatic heterocycles. The summed E-state index contributed by atoms with van der Waals surface area (Å²) in [7, 11) is 0. The standard InChI is InChI=1S/C4H3ClN2OS/c5-3-1-2(4(6)8)7-9-3/h1H,(H2,6,8). The van der Waals surface area contributed by atoms with Crippen LogP contribution in [0.3, 0.4) is 0 Å². The van der Waals surface area contributed by atoms with Crippen molar-refractivity contribution in [2.75, 3.05) is 0 Å². The summed E-state index contributed by atoms with van der Waals surface area (Å²) in [6, 6.07) is 1.44. The molecule has 1 amide bonds. The highest BCUT2D eigenvalue weighted by atomic mass is 35.5. The zero-order valence-corrected chi connectivity index (χ0v) is 5.87. The summed E-state index contributed by atoms with van der Waals surface area (Å²) < 4.78 is 4.13. The molecule has 0 fully saturated rings. The van der Waals surface area contributed by atoms with Gasteiger partial charge in [-0.1, -0.05) is 11.6 Å². The third-order valence-corrected chi connectivity index (χ3v) is 1.63. The molecule has 0 bridgehead atoms. The molecule has 0 aromatic carbocycles. The number of rotatable bonds is 1. The molecule has 1 aromatic rings. The van der Waals surface area contributed by atoms with Gasteiger partial charge in [-0.15, -0.1) is 0 Å². The highest BCUT2D eigenvalue weighted by Gasteiger charge is 2.03. The maximum Gasteiger partial charge on any atom is 0.268 e. The molecular weight excluding hydrogens is 160 g/mol. The quantitative estimate of drug-likeness (QED) is 0.667. The molecule has 0 spiro atoms. The molecular formula is C4H3ClN2OS. The predicted octanol–water partition coefficient (Wildman–Crippen LogP) is 0.895. The van der Waals surface area contributed by atoms with Crippen LogP contribution in [0.15, 0.2) is 6.07 Å². The first-order valence-corrected chi connectivity index (χ1v) is 3.27. The number of aromatic nitrogens is 1. The van der Waals surface area contributed by atoms with E-state index in [1.807, 2.05) is 0 Å². The van der Waals surface area contributed by atoms with E-state index in [4.69, 9.17) is 17.3 Å². The summed E-state index contributed by atoms with van der Waals surface area (Å²) >= 11 is 6.50. The van der Waals surface area contributed by atoms with Gasteiger partial charge in [-0.25, -0.2) is 0 Å². The molecule has 9 heavy (non-hydrogen) atoms. The second kappa shape index (κ2) is 2.33. The Morgan fingerprint density at radius 2 is 2.56 bits per heavy atom. The van der Waals surface area contributed by atoms with Crippen molar-refractivity contribution in [2.24, 2.45) is 5.73 Å². The number of carbonyl (C=O) groups is 1. The van der Waals surface area contributed by atoms with E-state index in [2.05, 4.69) is 4.37 Å². The molecule has 1 rings (SSSR count). The molecule has 1 heterocycles. The summed E-state index contributed by atoms with van der Waals surface area (Å²) in [4.78, 5) is 10.3. The first-order valence-electron chi connectivity index (χ1n) is 2.12. The second-order valence-corrected chi connectivity index (χ2v) is 2.82. The first-order chi connectivity index (χ1) is 4.20. The van der Waals surface area contributed by atoms with Crippen molar-refractivity contribution in [3.05, 3.63) is 16.1 Å². The van der Waals surface area contributed by atoms with Crippen LogP contribution >= 0.6 is 23.1 Å². The maximum atomic E-state index is 10.3. The average molecular weight is 163 g/mol. The summed E-state index contributed by atoms with van der Waals surface area (Å²) in [6.45, 7) is 0. The van der Waals surface area contributed by atoms with E-state index in [0.29, 0.717) is 4.34 Å². The van der Waals surface area contributed by atoms with Gasteiger partial charge in [-0.2, -0.15) is 4.37 Å². The lowest BCUT2D eigenvalue weighted by atomic mass is 10.4. The topological polar surface area (TPSA) is 56.0 Å². The fraction of sp³-hybridized carbons (Fsp3) is 0. The molecule has 48 valence electrons. The van der Waals surface area contributed by atoms with Gasteiger partial charge in [0.2, 0.25) is 0 Å². The normalized spacial score (nSPS) is 9.44. The Kier molecular flexibility index (Phi) is 1.68. The highest BCUT2D eigenvalue weighted by Crippen LogP contribution is 2.14. The van der Waals surface area contributed by atoms with Crippen LogP contribution < -0.4 is 5.73 Å². The van der Waals surface area contributed by atoms with E-state index in [-0.39, 0.29) is 5.69 Å². The minimum atomic E-state index is -0.543. The van der Waals surface area contributed by atoms with Crippen molar-refractivity contribution in [3.63, 3.8) is 0 Å². The van der Waals surface area contributed by atoms with Gasteiger partial charge < -0.3 is 5.73 Å². The fourth-order valence-electron chi connectivity index (χ4n) is 0.369. The first kappa shape index (κ1) is 6.51. The lowest BCUT2D eigenvalue weighted by Gasteiger charge is -1.79. The molecule has 1 aromatic heterocycles. The van der Waals surface area contributed by atoms with Gasteiger partial charge in [0.25, 0.3) is 5.91 Å². The molecule has 0 saturated carbocycles. The fourth-order valence-corrected chi connectivity index (χ4v) is 1.07. The number of halogens is 1. The van der Waals surface area contributed by atoms with Crippen molar-refractivity contribution in [1.29, 1.82) is 0 Å². The van der Waals surface area contributed by atoms with E-state index in [9.17, 15) is 4.79 Å². The minimum Gasteiger partial charge on any atom is -0.364 e.